The van der Waals surface area contributed by atoms with E-state index in [9.17, 15) is 0 Å². The molecule has 1 aliphatic rings. The monoisotopic (exact) mass is 270 g/mol. The highest BCUT2D eigenvalue weighted by Gasteiger charge is 2.15. The largest absolute Gasteiger partial charge is 0.488 e. The molecular weight excluding hydrogens is 256 g/mol. The molecule has 0 aliphatic carbocycles. The van der Waals surface area contributed by atoms with Crippen LogP contribution in [0.4, 0.5) is 0 Å². The maximum atomic E-state index is 5.85. The molecule has 82 valence electrons. The molecule has 0 amide bonds. The second-order valence-corrected chi connectivity index (χ2v) is 4.30. The molecule has 2 nitrogen and oxygen atoms in total. The van der Waals surface area contributed by atoms with Crippen LogP contribution in [0.3, 0.4) is 0 Å². The van der Waals surface area contributed by atoms with Crippen LogP contribution in [0.1, 0.15) is 18.4 Å². The Kier molecular flexibility index (Phi) is 4.03. The summed E-state index contributed by atoms with van der Waals surface area (Å²) in [5.74, 6) is 0.947. The Morgan fingerprint density at radius 2 is 2.40 bits per heavy atom. The van der Waals surface area contributed by atoms with Gasteiger partial charge in [-0.15, -0.1) is 0 Å². The van der Waals surface area contributed by atoms with Gasteiger partial charge in [0.1, 0.15) is 11.9 Å². The molecule has 2 rings (SSSR count). The summed E-state index contributed by atoms with van der Waals surface area (Å²) in [6.07, 6.45) is 2.42. The molecule has 0 bridgehead atoms. The zero-order valence-electron chi connectivity index (χ0n) is 8.62. The predicted molar refractivity (Wildman–Crippen MR) is 63.5 cm³/mol. The lowest BCUT2D eigenvalue weighted by molar-refractivity contribution is 0.00741. The van der Waals surface area contributed by atoms with E-state index in [-0.39, 0.29) is 6.10 Å². The minimum Gasteiger partial charge on any atom is -0.488 e. The second-order valence-electron chi connectivity index (χ2n) is 3.74. The first-order valence-electron chi connectivity index (χ1n) is 5.28. The van der Waals surface area contributed by atoms with Crippen LogP contribution in [0, 0.1) is 0 Å². The Morgan fingerprint density at radius 1 is 1.47 bits per heavy atom. The van der Waals surface area contributed by atoms with E-state index in [4.69, 9.17) is 9.47 Å². The fraction of sp³-hybridized carbons (Fsp3) is 0.500. The highest BCUT2D eigenvalue weighted by Crippen LogP contribution is 2.19. The number of ether oxygens (including phenoxy) is 2. The van der Waals surface area contributed by atoms with E-state index >= 15 is 0 Å². The van der Waals surface area contributed by atoms with Gasteiger partial charge < -0.3 is 9.47 Å². The van der Waals surface area contributed by atoms with Gasteiger partial charge in [0.2, 0.25) is 0 Å². The van der Waals surface area contributed by atoms with Crippen molar-refractivity contribution in [3.8, 4) is 5.75 Å². The van der Waals surface area contributed by atoms with Gasteiger partial charge in [0.25, 0.3) is 0 Å². The fourth-order valence-corrected chi connectivity index (χ4v) is 2.05. The number of hydrogen-bond donors (Lipinski definition) is 0. The molecular formula is C12H15BrO2. The molecule has 1 atom stereocenters. The third-order valence-electron chi connectivity index (χ3n) is 2.47. The number of benzene rings is 1. The zero-order valence-corrected chi connectivity index (χ0v) is 10.2. The van der Waals surface area contributed by atoms with Gasteiger partial charge in [-0.3, -0.25) is 0 Å². The molecule has 0 spiro atoms. The van der Waals surface area contributed by atoms with Crippen LogP contribution in [0.25, 0.3) is 0 Å². The Hall–Kier alpha value is -0.540. The quantitative estimate of drug-likeness (QED) is 0.786. The van der Waals surface area contributed by atoms with Crippen LogP contribution >= 0.6 is 15.9 Å². The second kappa shape index (κ2) is 5.52. The molecule has 0 radical (unpaired) electrons. The van der Waals surface area contributed by atoms with Crippen LogP contribution in [0.5, 0.6) is 5.75 Å². The highest BCUT2D eigenvalue weighted by molar-refractivity contribution is 9.08. The smallest absolute Gasteiger partial charge is 0.122 e. The van der Waals surface area contributed by atoms with Gasteiger partial charge in [-0.2, -0.15) is 0 Å². The summed E-state index contributed by atoms with van der Waals surface area (Å²) in [5.41, 5.74) is 1.24. The van der Waals surface area contributed by atoms with E-state index in [0.29, 0.717) is 0 Å². The van der Waals surface area contributed by atoms with E-state index in [2.05, 4.69) is 28.1 Å². The molecule has 1 saturated heterocycles. The molecule has 1 aliphatic heterocycles. The lowest BCUT2D eigenvalue weighted by Gasteiger charge is -2.23. The Morgan fingerprint density at radius 3 is 3.13 bits per heavy atom. The molecule has 1 heterocycles. The molecule has 1 aromatic carbocycles. The van der Waals surface area contributed by atoms with Gasteiger partial charge in [0.15, 0.2) is 0 Å². The van der Waals surface area contributed by atoms with Crippen molar-refractivity contribution in [2.24, 2.45) is 0 Å². The van der Waals surface area contributed by atoms with Crippen molar-refractivity contribution < 1.29 is 9.47 Å². The maximum absolute atomic E-state index is 5.85. The highest BCUT2D eigenvalue weighted by atomic mass is 79.9. The number of alkyl halides is 1. The van der Waals surface area contributed by atoms with Crippen LogP contribution in [-0.4, -0.2) is 19.3 Å². The van der Waals surface area contributed by atoms with Crippen molar-refractivity contribution in [1.29, 1.82) is 0 Å². The van der Waals surface area contributed by atoms with E-state index in [1.54, 1.807) is 0 Å². The standard InChI is InChI=1S/C12H15BrO2/c13-8-10-3-1-4-11(7-10)15-12-5-2-6-14-9-12/h1,3-4,7,12H,2,5-6,8-9H2. The normalized spacial score (nSPS) is 21.3. The lowest BCUT2D eigenvalue weighted by Crippen LogP contribution is -2.27. The maximum Gasteiger partial charge on any atom is 0.122 e. The third kappa shape index (κ3) is 3.21. The van der Waals surface area contributed by atoms with Crippen LogP contribution in [-0.2, 0) is 10.1 Å². The van der Waals surface area contributed by atoms with Gasteiger partial charge in [-0.05, 0) is 30.5 Å². The van der Waals surface area contributed by atoms with Crippen molar-refractivity contribution in [1.82, 2.24) is 0 Å². The van der Waals surface area contributed by atoms with Gasteiger partial charge in [-0.1, -0.05) is 28.1 Å². The summed E-state index contributed by atoms with van der Waals surface area (Å²) >= 11 is 3.44. The average molecular weight is 271 g/mol. The third-order valence-corrected chi connectivity index (χ3v) is 3.12. The summed E-state index contributed by atoms with van der Waals surface area (Å²) in [7, 11) is 0. The SMILES string of the molecule is BrCc1cccc(OC2CCCOC2)c1. The average Bonchev–Trinajstić information content (AvgIpc) is 2.31. The molecule has 3 heteroatoms. The van der Waals surface area contributed by atoms with Crippen molar-refractivity contribution in [3.05, 3.63) is 29.8 Å². The van der Waals surface area contributed by atoms with Crippen LogP contribution in [0.2, 0.25) is 0 Å². The van der Waals surface area contributed by atoms with E-state index in [1.165, 1.54) is 5.56 Å². The zero-order chi connectivity index (χ0) is 10.5. The molecule has 0 N–H and O–H groups in total. The molecule has 1 unspecified atom stereocenters. The number of halogens is 1. The topological polar surface area (TPSA) is 18.5 Å². The Bertz CT molecular complexity index is 308. The minimum atomic E-state index is 0.226. The first kappa shape index (κ1) is 11.0. The summed E-state index contributed by atoms with van der Waals surface area (Å²) in [5, 5.41) is 0.866. The molecule has 0 saturated carbocycles. The molecule has 1 aromatic rings. The van der Waals surface area contributed by atoms with E-state index < -0.39 is 0 Å². The van der Waals surface area contributed by atoms with Crippen molar-refractivity contribution in [2.75, 3.05) is 13.2 Å². The summed E-state index contributed by atoms with van der Waals surface area (Å²) in [4.78, 5) is 0. The van der Waals surface area contributed by atoms with Crippen molar-refractivity contribution in [2.45, 2.75) is 24.3 Å². The number of hydrogen-bond acceptors (Lipinski definition) is 2. The van der Waals surface area contributed by atoms with Gasteiger partial charge in [-0.25, -0.2) is 0 Å². The summed E-state index contributed by atoms with van der Waals surface area (Å²) in [6.45, 7) is 1.60. The Labute approximate surface area is 98.7 Å². The van der Waals surface area contributed by atoms with Gasteiger partial charge >= 0.3 is 0 Å². The number of rotatable bonds is 3. The molecule has 0 aromatic heterocycles. The van der Waals surface area contributed by atoms with Gasteiger partial charge in [0.05, 0.1) is 6.61 Å². The van der Waals surface area contributed by atoms with E-state index in [1.807, 2.05) is 12.1 Å². The summed E-state index contributed by atoms with van der Waals surface area (Å²) in [6, 6.07) is 8.18. The predicted octanol–water partition coefficient (Wildman–Crippen LogP) is 3.14. The summed E-state index contributed by atoms with van der Waals surface area (Å²) < 4.78 is 11.2. The minimum absolute atomic E-state index is 0.226. The Balaban J connectivity index is 1.96. The molecule has 1 fully saturated rings. The van der Waals surface area contributed by atoms with Crippen LogP contribution < -0.4 is 4.74 Å². The van der Waals surface area contributed by atoms with Crippen LogP contribution in [0.15, 0.2) is 24.3 Å². The first-order chi connectivity index (χ1) is 7.38. The van der Waals surface area contributed by atoms with Crippen molar-refractivity contribution in [3.63, 3.8) is 0 Å². The van der Waals surface area contributed by atoms with Crippen molar-refractivity contribution >= 4 is 15.9 Å². The fourth-order valence-electron chi connectivity index (χ4n) is 1.70. The lowest BCUT2D eigenvalue weighted by atomic mass is 10.1. The van der Waals surface area contributed by atoms with E-state index in [0.717, 1.165) is 37.1 Å². The first-order valence-corrected chi connectivity index (χ1v) is 6.40. The van der Waals surface area contributed by atoms with Gasteiger partial charge in [0, 0.05) is 11.9 Å². The molecule has 15 heavy (non-hydrogen) atoms.